The maximum atomic E-state index is 13.2. The van der Waals surface area contributed by atoms with Crippen molar-refractivity contribution in [3.8, 4) is 0 Å². The summed E-state index contributed by atoms with van der Waals surface area (Å²) in [6.07, 6.45) is 4.03. The van der Waals surface area contributed by atoms with Gasteiger partial charge in [0.25, 0.3) is 0 Å². The van der Waals surface area contributed by atoms with E-state index in [2.05, 4.69) is 48.5 Å². The van der Waals surface area contributed by atoms with Crippen molar-refractivity contribution in [3.05, 3.63) is 0 Å². The molecular weight excluding hydrogens is 452 g/mol. The largest absolute Gasteiger partial charge is 0.479 e. The van der Waals surface area contributed by atoms with Crippen molar-refractivity contribution in [2.75, 3.05) is 6.61 Å². The van der Waals surface area contributed by atoms with E-state index >= 15 is 0 Å². The maximum absolute atomic E-state index is 13.2. The van der Waals surface area contributed by atoms with Gasteiger partial charge in [-0.2, -0.15) is 0 Å². The van der Waals surface area contributed by atoms with Gasteiger partial charge < -0.3 is 9.47 Å². The molecule has 0 bridgehead atoms. The van der Waals surface area contributed by atoms with Crippen molar-refractivity contribution in [3.63, 3.8) is 0 Å². The van der Waals surface area contributed by atoms with Crippen LogP contribution in [0.3, 0.4) is 0 Å². The van der Waals surface area contributed by atoms with Gasteiger partial charge in [0.2, 0.25) is 4.38 Å². The molecule has 4 nitrogen and oxygen atoms in total. The van der Waals surface area contributed by atoms with E-state index in [-0.39, 0.29) is 39.3 Å². The lowest BCUT2D eigenvalue weighted by Gasteiger charge is -2.43. The quantitative estimate of drug-likeness (QED) is 0.227. The summed E-state index contributed by atoms with van der Waals surface area (Å²) in [4.78, 5) is 26.1. The standard InChI is InChI=1S/C27H48O4S2/c1-12-30-23(32)33-27(10,11)20(19-14-13-15-21(19)28)16-25(6,7)18(2)22(29)31-26(8,9)17-24(3,4)5/h18-20H,12-17H2,1-11H3. The van der Waals surface area contributed by atoms with Gasteiger partial charge in [-0.15, -0.1) is 0 Å². The Morgan fingerprint density at radius 1 is 1.12 bits per heavy atom. The van der Waals surface area contributed by atoms with Crippen molar-refractivity contribution in [2.45, 2.75) is 119 Å². The van der Waals surface area contributed by atoms with Gasteiger partial charge in [0.1, 0.15) is 11.4 Å². The number of hydrogen-bond acceptors (Lipinski definition) is 6. The summed E-state index contributed by atoms with van der Waals surface area (Å²) in [5.74, 6) is -0.0368. The lowest BCUT2D eigenvalue weighted by atomic mass is 9.67. The van der Waals surface area contributed by atoms with Crippen LogP contribution in [0.2, 0.25) is 0 Å². The minimum absolute atomic E-state index is 0.00301. The number of ketones is 1. The van der Waals surface area contributed by atoms with Crippen molar-refractivity contribution in [2.24, 2.45) is 28.6 Å². The van der Waals surface area contributed by atoms with E-state index in [9.17, 15) is 9.59 Å². The SMILES string of the molecule is CCOC(=S)SC(C)(C)C(CC(C)(C)C(C)C(=O)OC(C)(C)CC(C)(C)C)C1CCCC1=O. The lowest BCUT2D eigenvalue weighted by molar-refractivity contribution is -0.168. The number of carbonyl (C=O) groups is 2. The van der Waals surface area contributed by atoms with E-state index in [1.807, 2.05) is 27.7 Å². The third-order valence-corrected chi connectivity index (χ3v) is 8.43. The molecule has 1 fully saturated rings. The summed E-state index contributed by atoms with van der Waals surface area (Å²) in [6.45, 7) is 23.5. The van der Waals surface area contributed by atoms with Crippen LogP contribution in [0.1, 0.15) is 108 Å². The van der Waals surface area contributed by atoms with Gasteiger partial charge in [-0.05, 0) is 89.3 Å². The third-order valence-electron chi connectivity index (χ3n) is 6.94. The Morgan fingerprint density at radius 3 is 2.15 bits per heavy atom. The van der Waals surface area contributed by atoms with Crippen LogP contribution < -0.4 is 0 Å². The Bertz CT molecular complexity index is 703. The van der Waals surface area contributed by atoms with Gasteiger partial charge in [0.15, 0.2) is 0 Å². The minimum Gasteiger partial charge on any atom is -0.479 e. The van der Waals surface area contributed by atoms with Crippen LogP contribution in [-0.2, 0) is 19.1 Å². The fraction of sp³-hybridized carbons (Fsp3) is 0.889. The predicted molar refractivity (Wildman–Crippen MR) is 144 cm³/mol. The van der Waals surface area contributed by atoms with Crippen LogP contribution >= 0.6 is 24.0 Å². The molecule has 1 aliphatic rings. The molecule has 192 valence electrons. The number of thioether (sulfide) groups is 1. The first-order valence-electron chi connectivity index (χ1n) is 12.4. The normalized spacial score (nSPS) is 19.8. The number of carbonyl (C=O) groups excluding carboxylic acids is 2. The molecule has 0 N–H and O–H groups in total. The molecule has 33 heavy (non-hydrogen) atoms. The van der Waals surface area contributed by atoms with Crippen LogP contribution in [0.4, 0.5) is 0 Å². The highest BCUT2D eigenvalue weighted by atomic mass is 32.2. The Hall–Kier alpha value is -0.620. The molecule has 3 unspecified atom stereocenters. The molecule has 0 aromatic heterocycles. The summed E-state index contributed by atoms with van der Waals surface area (Å²) >= 11 is 6.99. The summed E-state index contributed by atoms with van der Waals surface area (Å²) < 4.78 is 11.8. The Morgan fingerprint density at radius 2 is 1.70 bits per heavy atom. The molecule has 6 heteroatoms. The maximum Gasteiger partial charge on any atom is 0.309 e. The molecule has 3 atom stereocenters. The topological polar surface area (TPSA) is 52.6 Å². The highest BCUT2D eigenvalue weighted by Crippen LogP contribution is 2.49. The molecule has 1 aliphatic carbocycles. The van der Waals surface area contributed by atoms with Crippen LogP contribution in [0, 0.1) is 28.6 Å². The number of ether oxygens (including phenoxy) is 2. The fourth-order valence-corrected chi connectivity index (χ4v) is 7.08. The van der Waals surface area contributed by atoms with E-state index in [1.165, 1.54) is 0 Å². The van der Waals surface area contributed by atoms with Gasteiger partial charge in [0.05, 0.1) is 12.5 Å². The average Bonchev–Trinajstić information content (AvgIpc) is 3.01. The van der Waals surface area contributed by atoms with E-state index in [0.717, 1.165) is 25.7 Å². The first kappa shape index (κ1) is 30.4. The van der Waals surface area contributed by atoms with Crippen LogP contribution in [0.15, 0.2) is 0 Å². The van der Waals surface area contributed by atoms with Crippen LogP contribution in [0.5, 0.6) is 0 Å². The smallest absolute Gasteiger partial charge is 0.309 e. The Kier molecular flexibility index (Phi) is 10.5. The average molecular weight is 501 g/mol. The predicted octanol–water partition coefficient (Wildman–Crippen LogP) is 7.62. The number of Topliss-reactive ketones (excluding diaryl/α,β-unsaturated/α-hetero) is 1. The summed E-state index contributed by atoms with van der Waals surface area (Å²) in [5.41, 5.74) is -0.802. The zero-order chi connectivity index (χ0) is 25.8. The van der Waals surface area contributed by atoms with Gasteiger partial charge in [-0.1, -0.05) is 53.3 Å². The lowest BCUT2D eigenvalue weighted by Crippen LogP contribution is -2.43. The molecule has 0 amide bonds. The molecule has 0 saturated heterocycles. The summed E-state index contributed by atoms with van der Waals surface area (Å²) in [7, 11) is 0. The monoisotopic (exact) mass is 500 g/mol. The fourth-order valence-electron chi connectivity index (χ4n) is 5.32. The number of hydrogen-bond donors (Lipinski definition) is 0. The molecular formula is C27H48O4S2. The first-order chi connectivity index (χ1) is 14.8. The van der Waals surface area contributed by atoms with Crippen molar-refractivity contribution >= 4 is 40.1 Å². The van der Waals surface area contributed by atoms with E-state index in [4.69, 9.17) is 21.7 Å². The second-order valence-electron chi connectivity index (χ2n) is 12.8. The molecule has 1 rings (SSSR count). The number of thiocarbonyl (C=S) groups is 1. The van der Waals surface area contributed by atoms with E-state index in [1.54, 1.807) is 11.8 Å². The Balaban J connectivity index is 3.10. The summed E-state index contributed by atoms with van der Waals surface area (Å²) in [5, 5.41) is 0. The first-order valence-corrected chi connectivity index (χ1v) is 13.6. The molecule has 0 spiro atoms. The van der Waals surface area contributed by atoms with Gasteiger partial charge in [-0.25, -0.2) is 0 Å². The minimum atomic E-state index is -0.528. The van der Waals surface area contributed by atoms with Gasteiger partial charge in [-0.3, -0.25) is 9.59 Å². The number of rotatable bonds is 10. The second-order valence-corrected chi connectivity index (χ2v) is 15.0. The zero-order valence-electron chi connectivity index (χ0n) is 22.9. The second kappa shape index (κ2) is 11.4. The van der Waals surface area contributed by atoms with E-state index < -0.39 is 5.60 Å². The molecule has 0 radical (unpaired) electrons. The van der Waals surface area contributed by atoms with Crippen molar-refractivity contribution in [1.29, 1.82) is 0 Å². The molecule has 0 aliphatic heterocycles. The third kappa shape index (κ3) is 9.51. The van der Waals surface area contributed by atoms with Crippen molar-refractivity contribution < 1.29 is 19.1 Å². The Labute approximate surface area is 212 Å². The number of esters is 1. The van der Waals surface area contributed by atoms with Gasteiger partial charge in [0, 0.05) is 17.1 Å². The summed E-state index contributed by atoms with van der Waals surface area (Å²) in [6, 6.07) is 0. The molecule has 1 saturated carbocycles. The molecule has 0 heterocycles. The molecule has 0 aromatic rings. The van der Waals surface area contributed by atoms with Crippen LogP contribution in [-0.4, -0.2) is 33.1 Å². The van der Waals surface area contributed by atoms with Gasteiger partial charge >= 0.3 is 5.97 Å². The molecule has 0 aromatic carbocycles. The van der Waals surface area contributed by atoms with E-state index in [0.29, 0.717) is 23.2 Å². The highest BCUT2D eigenvalue weighted by Gasteiger charge is 2.47. The van der Waals surface area contributed by atoms with Crippen LogP contribution in [0.25, 0.3) is 0 Å². The highest BCUT2D eigenvalue weighted by molar-refractivity contribution is 8.23. The zero-order valence-corrected chi connectivity index (χ0v) is 24.6. The van der Waals surface area contributed by atoms with Crippen molar-refractivity contribution in [1.82, 2.24) is 0 Å².